The van der Waals surface area contributed by atoms with Gasteiger partial charge in [0.05, 0.1) is 18.2 Å². The van der Waals surface area contributed by atoms with Gasteiger partial charge in [0.15, 0.2) is 0 Å². The molecule has 5 heteroatoms. The number of fused-ring (bicyclic) bond motifs is 1. The molecule has 1 fully saturated rings. The van der Waals surface area contributed by atoms with E-state index in [4.69, 9.17) is 4.74 Å². The van der Waals surface area contributed by atoms with Crippen molar-refractivity contribution in [3.05, 3.63) is 36.0 Å². The molecule has 4 nitrogen and oxygen atoms in total. The molecule has 110 valence electrons. The number of ether oxygens (including phenoxy) is 1. The first-order valence-electron chi connectivity index (χ1n) is 7.05. The Morgan fingerprint density at radius 3 is 3.05 bits per heavy atom. The Morgan fingerprint density at radius 1 is 1.43 bits per heavy atom. The molecule has 1 aliphatic rings. The summed E-state index contributed by atoms with van der Waals surface area (Å²) in [5.74, 6) is -0.387. The van der Waals surface area contributed by atoms with Crippen LogP contribution in [0.3, 0.4) is 0 Å². The number of aromatic nitrogens is 1. The third-order valence-corrected chi connectivity index (χ3v) is 3.86. The zero-order chi connectivity index (χ0) is 14.8. The molecule has 0 N–H and O–H groups in total. The molecule has 0 bridgehead atoms. The Bertz CT molecular complexity index is 674. The number of pyridine rings is 1. The van der Waals surface area contributed by atoms with Gasteiger partial charge in [-0.05, 0) is 37.1 Å². The average Bonchev–Trinajstić information content (AvgIpc) is 2.53. The van der Waals surface area contributed by atoms with Gasteiger partial charge in [0.25, 0.3) is 0 Å². The van der Waals surface area contributed by atoms with Crippen LogP contribution in [0.4, 0.5) is 10.1 Å². The Kier molecular flexibility index (Phi) is 3.73. The third-order valence-electron chi connectivity index (χ3n) is 3.86. The Labute approximate surface area is 122 Å². The van der Waals surface area contributed by atoms with Gasteiger partial charge in [-0.3, -0.25) is 4.98 Å². The average molecular weight is 288 g/mol. The number of halogens is 1. The summed E-state index contributed by atoms with van der Waals surface area (Å²) < 4.78 is 18.4. The minimum Gasteiger partial charge on any atom is -0.465 e. The predicted molar refractivity (Wildman–Crippen MR) is 79.4 cm³/mol. The number of methoxy groups -OCH3 is 1. The number of piperidine rings is 1. The highest BCUT2D eigenvalue weighted by atomic mass is 19.1. The molecule has 0 amide bonds. The van der Waals surface area contributed by atoms with E-state index < -0.39 is 6.17 Å². The summed E-state index contributed by atoms with van der Waals surface area (Å²) in [4.78, 5) is 18.1. The van der Waals surface area contributed by atoms with E-state index in [-0.39, 0.29) is 5.97 Å². The van der Waals surface area contributed by atoms with Gasteiger partial charge in [0.2, 0.25) is 0 Å². The van der Waals surface area contributed by atoms with Crippen LogP contribution in [0.15, 0.2) is 30.5 Å². The van der Waals surface area contributed by atoms with Crippen molar-refractivity contribution in [1.29, 1.82) is 0 Å². The number of nitrogens with zero attached hydrogens (tertiary/aromatic N) is 2. The number of rotatable bonds is 2. The van der Waals surface area contributed by atoms with Crippen molar-refractivity contribution >= 4 is 22.6 Å². The van der Waals surface area contributed by atoms with E-state index in [0.717, 1.165) is 29.6 Å². The largest absolute Gasteiger partial charge is 0.465 e. The SMILES string of the molecule is COC(=O)c1ccnc2ccc(N3CCC[C@@H](F)C3)cc12. The van der Waals surface area contributed by atoms with Gasteiger partial charge in [0.1, 0.15) is 6.17 Å². The van der Waals surface area contributed by atoms with Crippen LogP contribution in [0.2, 0.25) is 0 Å². The van der Waals surface area contributed by atoms with Crippen molar-refractivity contribution in [2.75, 3.05) is 25.1 Å². The molecule has 1 aromatic carbocycles. The molecule has 0 radical (unpaired) electrons. The highest BCUT2D eigenvalue weighted by molar-refractivity contribution is 6.04. The van der Waals surface area contributed by atoms with Crippen LogP contribution in [0.5, 0.6) is 0 Å². The molecule has 2 heterocycles. The quantitative estimate of drug-likeness (QED) is 0.797. The van der Waals surface area contributed by atoms with Gasteiger partial charge in [-0.2, -0.15) is 0 Å². The van der Waals surface area contributed by atoms with Crippen molar-refractivity contribution in [2.45, 2.75) is 19.0 Å². The number of carbonyl (C=O) groups is 1. The smallest absolute Gasteiger partial charge is 0.338 e. The summed E-state index contributed by atoms with van der Waals surface area (Å²) >= 11 is 0. The Morgan fingerprint density at radius 2 is 2.29 bits per heavy atom. The normalized spacial score (nSPS) is 18.8. The highest BCUT2D eigenvalue weighted by Crippen LogP contribution is 2.27. The second kappa shape index (κ2) is 5.68. The minimum absolute atomic E-state index is 0.387. The van der Waals surface area contributed by atoms with Crippen molar-refractivity contribution in [2.24, 2.45) is 0 Å². The van der Waals surface area contributed by atoms with Crippen LogP contribution in [0, 0.1) is 0 Å². The first-order valence-corrected chi connectivity index (χ1v) is 7.05. The molecule has 1 aliphatic heterocycles. The number of benzene rings is 1. The van der Waals surface area contributed by atoms with Gasteiger partial charge in [-0.15, -0.1) is 0 Å². The zero-order valence-corrected chi connectivity index (χ0v) is 11.9. The van der Waals surface area contributed by atoms with E-state index in [1.165, 1.54) is 7.11 Å². The highest BCUT2D eigenvalue weighted by Gasteiger charge is 2.20. The fourth-order valence-corrected chi connectivity index (χ4v) is 2.78. The maximum atomic E-state index is 13.6. The summed E-state index contributed by atoms with van der Waals surface area (Å²) in [6.07, 6.45) is 2.27. The van der Waals surface area contributed by atoms with Crippen molar-refractivity contribution in [3.8, 4) is 0 Å². The van der Waals surface area contributed by atoms with E-state index in [2.05, 4.69) is 4.98 Å². The third kappa shape index (κ3) is 2.68. The molecule has 1 atom stereocenters. The van der Waals surface area contributed by atoms with Crippen molar-refractivity contribution in [3.63, 3.8) is 0 Å². The predicted octanol–water partition coefficient (Wildman–Crippen LogP) is 2.96. The molecule has 2 aromatic rings. The van der Waals surface area contributed by atoms with Gasteiger partial charge >= 0.3 is 5.97 Å². The van der Waals surface area contributed by atoms with E-state index in [1.807, 2.05) is 23.1 Å². The molecule has 1 aromatic heterocycles. The van der Waals surface area contributed by atoms with Crippen molar-refractivity contribution in [1.82, 2.24) is 4.98 Å². The molecule has 1 saturated heterocycles. The number of anilines is 1. The monoisotopic (exact) mass is 288 g/mol. The Balaban J connectivity index is 2.04. The van der Waals surface area contributed by atoms with Gasteiger partial charge in [-0.1, -0.05) is 0 Å². The van der Waals surface area contributed by atoms with Crippen LogP contribution < -0.4 is 4.90 Å². The molecule has 0 spiro atoms. The summed E-state index contributed by atoms with van der Waals surface area (Å²) in [7, 11) is 1.36. The summed E-state index contributed by atoms with van der Waals surface area (Å²) in [6, 6.07) is 7.33. The van der Waals surface area contributed by atoms with Gasteiger partial charge in [-0.25, -0.2) is 9.18 Å². The van der Waals surface area contributed by atoms with Crippen LogP contribution in [-0.2, 0) is 4.74 Å². The van der Waals surface area contributed by atoms with Crippen LogP contribution in [-0.4, -0.2) is 37.3 Å². The molecule has 0 unspecified atom stereocenters. The first-order chi connectivity index (χ1) is 10.2. The molecule has 21 heavy (non-hydrogen) atoms. The number of alkyl halides is 1. The fourth-order valence-electron chi connectivity index (χ4n) is 2.78. The van der Waals surface area contributed by atoms with Crippen molar-refractivity contribution < 1.29 is 13.9 Å². The van der Waals surface area contributed by atoms with Crippen LogP contribution >= 0.6 is 0 Å². The standard InChI is InChI=1S/C16H17FN2O2/c1-21-16(20)13-6-7-18-15-5-4-12(9-14(13)15)19-8-2-3-11(17)10-19/h4-7,9,11H,2-3,8,10H2,1H3/t11-/m1/s1. The van der Waals surface area contributed by atoms with Crippen LogP contribution in [0.1, 0.15) is 23.2 Å². The molecular formula is C16H17FN2O2. The second-order valence-corrected chi connectivity index (χ2v) is 5.24. The molecule has 0 saturated carbocycles. The lowest BCUT2D eigenvalue weighted by atomic mass is 10.1. The lowest BCUT2D eigenvalue weighted by Crippen LogP contribution is -2.36. The fraction of sp³-hybridized carbons (Fsp3) is 0.375. The minimum atomic E-state index is -0.788. The maximum absolute atomic E-state index is 13.6. The summed E-state index contributed by atoms with van der Waals surface area (Å²) in [5, 5.41) is 0.739. The first kappa shape index (κ1) is 13.8. The summed E-state index contributed by atoms with van der Waals surface area (Å²) in [6.45, 7) is 1.24. The lowest BCUT2D eigenvalue weighted by Gasteiger charge is -2.31. The number of hydrogen-bond donors (Lipinski definition) is 0. The van der Waals surface area contributed by atoms with E-state index in [0.29, 0.717) is 18.5 Å². The molecule has 0 aliphatic carbocycles. The van der Waals surface area contributed by atoms with E-state index in [9.17, 15) is 9.18 Å². The molecular weight excluding hydrogens is 271 g/mol. The van der Waals surface area contributed by atoms with Gasteiger partial charge < -0.3 is 9.64 Å². The molecule has 3 rings (SSSR count). The lowest BCUT2D eigenvalue weighted by molar-refractivity contribution is 0.0603. The number of esters is 1. The number of hydrogen-bond acceptors (Lipinski definition) is 4. The van der Waals surface area contributed by atoms with E-state index >= 15 is 0 Å². The zero-order valence-electron chi connectivity index (χ0n) is 11.9. The van der Waals surface area contributed by atoms with Gasteiger partial charge in [0, 0.05) is 30.4 Å². The topological polar surface area (TPSA) is 42.4 Å². The number of carbonyl (C=O) groups excluding carboxylic acids is 1. The Hall–Kier alpha value is -2.17. The summed E-state index contributed by atoms with van der Waals surface area (Å²) in [5.41, 5.74) is 2.14. The maximum Gasteiger partial charge on any atom is 0.338 e. The van der Waals surface area contributed by atoms with E-state index in [1.54, 1.807) is 12.3 Å². The second-order valence-electron chi connectivity index (χ2n) is 5.24. The van der Waals surface area contributed by atoms with Crippen LogP contribution in [0.25, 0.3) is 10.9 Å².